The molecule has 0 saturated heterocycles. The third-order valence-electron chi connectivity index (χ3n) is 5.58. The molecule has 0 bridgehead atoms. The molecule has 4 rings (SSSR count). The van der Waals surface area contributed by atoms with Gasteiger partial charge in [0.1, 0.15) is 11.1 Å². The van der Waals surface area contributed by atoms with Gasteiger partial charge >= 0.3 is 0 Å². The van der Waals surface area contributed by atoms with Crippen LogP contribution in [-0.2, 0) is 24.2 Å². The Balaban J connectivity index is 1.47. The second-order valence-electron chi connectivity index (χ2n) is 7.75. The second-order valence-corrected chi connectivity index (χ2v) is 10.6. The molecule has 10 heteroatoms. The van der Waals surface area contributed by atoms with Crippen LogP contribution in [0.15, 0.2) is 23.4 Å². The number of nitriles is 1. The third-order valence-corrected chi connectivity index (χ3v) is 8.49. The molecular weight excluding hydrogens is 497 g/mol. The molecule has 1 N–H and O–H groups in total. The summed E-state index contributed by atoms with van der Waals surface area (Å²) in [6, 6.07) is 7.65. The van der Waals surface area contributed by atoms with Crippen LogP contribution in [0.25, 0.3) is 11.4 Å². The molecule has 33 heavy (non-hydrogen) atoms. The maximum absolute atomic E-state index is 12.7. The van der Waals surface area contributed by atoms with Gasteiger partial charge < -0.3 is 9.88 Å². The van der Waals surface area contributed by atoms with Crippen molar-refractivity contribution in [3.05, 3.63) is 44.2 Å². The SMILES string of the molecule is CCn1c(SCC(=O)Nc2sc3c(c2C#N)CCCCCC3)nnc1-c1ccc(Cl)c(Cl)c1. The second kappa shape index (κ2) is 10.9. The molecule has 6 nitrogen and oxygen atoms in total. The van der Waals surface area contributed by atoms with Crippen LogP contribution in [0, 0.1) is 11.3 Å². The lowest BCUT2D eigenvalue weighted by molar-refractivity contribution is -0.113. The van der Waals surface area contributed by atoms with Crippen LogP contribution in [0.5, 0.6) is 0 Å². The van der Waals surface area contributed by atoms with Gasteiger partial charge in [0.2, 0.25) is 5.91 Å². The molecule has 0 fully saturated rings. The standard InChI is InChI=1S/C23H23Cl2N5OS2/c1-2-30-21(14-9-10-17(24)18(25)11-14)28-29-23(30)32-13-20(31)27-22-16(12-26)15-7-5-3-4-6-8-19(15)33-22/h9-11H,2-8,13H2,1H3,(H,27,31). The zero-order chi connectivity index (χ0) is 23.4. The van der Waals surface area contributed by atoms with Crippen molar-refractivity contribution >= 4 is 57.2 Å². The Hall–Kier alpha value is -2.05. The Bertz CT molecular complexity index is 1210. The number of thioether (sulfide) groups is 1. The van der Waals surface area contributed by atoms with Crippen LogP contribution in [0.3, 0.4) is 0 Å². The molecule has 2 aromatic heterocycles. The largest absolute Gasteiger partial charge is 0.316 e. The summed E-state index contributed by atoms with van der Waals surface area (Å²) in [6.45, 7) is 2.64. The number of rotatable bonds is 6. The fourth-order valence-corrected chi connectivity index (χ4v) is 6.30. The van der Waals surface area contributed by atoms with Gasteiger partial charge in [-0.15, -0.1) is 21.5 Å². The van der Waals surface area contributed by atoms with Gasteiger partial charge in [-0.1, -0.05) is 47.8 Å². The van der Waals surface area contributed by atoms with E-state index in [1.54, 1.807) is 23.5 Å². The molecule has 172 valence electrons. The zero-order valence-corrected chi connectivity index (χ0v) is 21.3. The van der Waals surface area contributed by atoms with Gasteiger partial charge in [0.25, 0.3) is 0 Å². The number of halogens is 2. The number of nitrogens with zero attached hydrogens (tertiary/aromatic N) is 4. The van der Waals surface area contributed by atoms with Crippen molar-refractivity contribution in [3.8, 4) is 17.5 Å². The van der Waals surface area contributed by atoms with Gasteiger partial charge in [-0.05, 0) is 56.4 Å². The highest BCUT2D eigenvalue weighted by molar-refractivity contribution is 7.99. The molecule has 1 aliphatic rings. The molecule has 0 unspecified atom stereocenters. The highest BCUT2D eigenvalue weighted by Gasteiger charge is 2.21. The molecule has 1 aromatic carbocycles. The van der Waals surface area contributed by atoms with Crippen molar-refractivity contribution in [2.24, 2.45) is 0 Å². The number of hydrogen-bond donors (Lipinski definition) is 1. The summed E-state index contributed by atoms with van der Waals surface area (Å²) in [5, 5.41) is 23.5. The van der Waals surface area contributed by atoms with E-state index >= 15 is 0 Å². The fourth-order valence-electron chi connectivity index (χ4n) is 3.95. The number of fused-ring (bicyclic) bond motifs is 1. The number of aromatic nitrogens is 3. The summed E-state index contributed by atoms with van der Waals surface area (Å²) in [5.41, 5.74) is 2.57. The maximum Gasteiger partial charge on any atom is 0.235 e. The van der Waals surface area contributed by atoms with Crippen LogP contribution < -0.4 is 5.32 Å². The molecule has 0 aliphatic heterocycles. The normalized spacial score (nSPS) is 13.6. The maximum atomic E-state index is 12.7. The van der Waals surface area contributed by atoms with Gasteiger partial charge in [0.15, 0.2) is 11.0 Å². The lowest BCUT2D eigenvalue weighted by Gasteiger charge is -2.09. The zero-order valence-electron chi connectivity index (χ0n) is 18.2. The van der Waals surface area contributed by atoms with E-state index in [9.17, 15) is 10.1 Å². The summed E-state index contributed by atoms with van der Waals surface area (Å²) in [5.74, 6) is 0.684. The summed E-state index contributed by atoms with van der Waals surface area (Å²) in [6.07, 6.45) is 6.54. The average molecular weight is 521 g/mol. The number of amides is 1. The minimum Gasteiger partial charge on any atom is -0.316 e. The van der Waals surface area contributed by atoms with Crippen LogP contribution in [0.4, 0.5) is 5.00 Å². The summed E-state index contributed by atoms with van der Waals surface area (Å²) < 4.78 is 1.94. The first-order valence-electron chi connectivity index (χ1n) is 10.9. The summed E-state index contributed by atoms with van der Waals surface area (Å²) in [7, 11) is 0. The first-order chi connectivity index (χ1) is 16.0. The van der Waals surface area contributed by atoms with Crippen molar-refractivity contribution in [1.82, 2.24) is 14.8 Å². The van der Waals surface area contributed by atoms with Gasteiger partial charge in [0.05, 0.1) is 21.4 Å². The van der Waals surface area contributed by atoms with Gasteiger partial charge in [-0.25, -0.2) is 0 Å². The number of hydrogen-bond acceptors (Lipinski definition) is 6. The lowest BCUT2D eigenvalue weighted by Crippen LogP contribution is -2.14. The molecular formula is C23H23Cl2N5OS2. The van der Waals surface area contributed by atoms with Crippen LogP contribution in [-0.4, -0.2) is 26.4 Å². The van der Waals surface area contributed by atoms with E-state index in [2.05, 4.69) is 21.6 Å². The summed E-state index contributed by atoms with van der Waals surface area (Å²) >= 11 is 15.1. The number of benzene rings is 1. The third kappa shape index (κ3) is 5.38. The van der Waals surface area contributed by atoms with Crippen molar-refractivity contribution in [1.29, 1.82) is 5.26 Å². The van der Waals surface area contributed by atoms with E-state index in [0.29, 0.717) is 38.1 Å². The van der Waals surface area contributed by atoms with E-state index in [4.69, 9.17) is 23.2 Å². The van der Waals surface area contributed by atoms with Gasteiger partial charge in [-0.2, -0.15) is 5.26 Å². The quantitative estimate of drug-likeness (QED) is 0.371. The van der Waals surface area contributed by atoms with Crippen LogP contribution >= 0.6 is 46.3 Å². The van der Waals surface area contributed by atoms with Crippen LogP contribution in [0.1, 0.15) is 48.6 Å². The minimum atomic E-state index is -0.160. The fraction of sp³-hybridized carbons (Fsp3) is 0.391. The van der Waals surface area contributed by atoms with E-state index in [-0.39, 0.29) is 11.7 Å². The van der Waals surface area contributed by atoms with E-state index in [1.165, 1.54) is 29.5 Å². The van der Waals surface area contributed by atoms with E-state index in [0.717, 1.165) is 36.8 Å². The minimum absolute atomic E-state index is 0.160. The highest BCUT2D eigenvalue weighted by atomic mass is 35.5. The molecule has 0 spiro atoms. The number of carbonyl (C=O) groups is 1. The molecule has 0 saturated carbocycles. The summed E-state index contributed by atoms with van der Waals surface area (Å²) in [4.78, 5) is 14.0. The smallest absolute Gasteiger partial charge is 0.235 e. The Morgan fingerprint density at radius 1 is 1.21 bits per heavy atom. The van der Waals surface area contributed by atoms with E-state index < -0.39 is 0 Å². The molecule has 3 aromatic rings. The first kappa shape index (κ1) is 24.1. The Labute approximate surface area is 211 Å². The predicted molar refractivity (Wildman–Crippen MR) is 135 cm³/mol. The average Bonchev–Trinajstić information content (AvgIpc) is 3.34. The predicted octanol–water partition coefficient (Wildman–Crippen LogP) is 6.59. The molecule has 2 heterocycles. The number of anilines is 1. The van der Waals surface area contributed by atoms with Gasteiger partial charge in [0, 0.05) is 17.0 Å². The van der Waals surface area contributed by atoms with Crippen molar-refractivity contribution in [2.45, 2.75) is 57.1 Å². The van der Waals surface area contributed by atoms with Crippen molar-refractivity contribution in [2.75, 3.05) is 11.1 Å². The number of aryl methyl sites for hydroxylation is 1. The number of carbonyl (C=O) groups excluding carboxylic acids is 1. The monoisotopic (exact) mass is 519 g/mol. The Morgan fingerprint density at radius 3 is 2.73 bits per heavy atom. The number of thiophene rings is 1. The Kier molecular flexibility index (Phi) is 7.97. The topological polar surface area (TPSA) is 83.6 Å². The lowest BCUT2D eigenvalue weighted by atomic mass is 9.97. The van der Waals surface area contributed by atoms with Crippen molar-refractivity contribution in [3.63, 3.8) is 0 Å². The number of nitrogens with one attached hydrogen (secondary N) is 1. The van der Waals surface area contributed by atoms with Gasteiger partial charge in [-0.3, -0.25) is 4.79 Å². The molecule has 1 aliphatic carbocycles. The Morgan fingerprint density at radius 2 is 2.00 bits per heavy atom. The van der Waals surface area contributed by atoms with Crippen LogP contribution in [0.2, 0.25) is 10.0 Å². The highest BCUT2D eigenvalue weighted by Crippen LogP contribution is 2.37. The molecule has 1 amide bonds. The first-order valence-corrected chi connectivity index (χ1v) is 13.4. The molecule has 0 atom stereocenters. The van der Waals surface area contributed by atoms with E-state index in [1.807, 2.05) is 17.6 Å². The molecule has 0 radical (unpaired) electrons. The van der Waals surface area contributed by atoms with Crippen molar-refractivity contribution < 1.29 is 4.79 Å².